The minimum absolute atomic E-state index is 0.399. The molecule has 0 aromatic carbocycles. The summed E-state index contributed by atoms with van der Waals surface area (Å²) in [6.45, 7) is 11.9. The molecular weight excluding hydrogens is 124 g/mol. The Kier molecular flexibility index (Phi) is 3.85. The van der Waals surface area contributed by atoms with Crippen LogP contribution < -0.4 is 0 Å². The molecule has 0 amide bonds. The Bertz CT molecular complexity index is 139. The number of ether oxygens (including phenoxy) is 1. The van der Waals surface area contributed by atoms with Gasteiger partial charge in [-0.3, -0.25) is 0 Å². The highest BCUT2D eigenvalue weighted by atomic mass is 16.5. The largest absolute Gasteiger partial charge is 0.470 e. The van der Waals surface area contributed by atoms with Crippen LogP contribution in [0.25, 0.3) is 0 Å². The molecule has 58 valence electrons. The number of allylic oxidation sites excluding steroid dienone is 2. The monoisotopic (exact) mass is 140 g/mol. The SMILES string of the molecule is C=C(OC=C(C)C)C(C)C. The molecule has 1 nitrogen and oxygen atoms in total. The molecule has 10 heavy (non-hydrogen) atoms. The second-order valence-corrected chi connectivity index (χ2v) is 2.93. The molecule has 0 radical (unpaired) electrons. The maximum absolute atomic E-state index is 5.21. The van der Waals surface area contributed by atoms with Gasteiger partial charge in [-0.25, -0.2) is 0 Å². The van der Waals surface area contributed by atoms with E-state index in [4.69, 9.17) is 4.74 Å². The zero-order valence-corrected chi connectivity index (χ0v) is 7.27. The van der Waals surface area contributed by atoms with Crippen LogP contribution in [0.2, 0.25) is 0 Å². The molecule has 0 fully saturated rings. The van der Waals surface area contributed by atoms with Crippen molar-refractivity contribution in [3.05, 3.63) is 24.2 Å². The number of rotatable bonds is 3. The molecule has 0 unspecified atom stereocenters. The third-order valence-electron chi connectivity index (χ3n) is 1.09. The van der Waals surface area contributed by atoms with Crippen LogP contribution in [0.4, 0.5) is 0 Å². The molecule has 0 atom stereocenters. The average molecular weight is 140 g/mol. The van der Waals surface area contributed by atoms with Crippen LogP contribution in [0.1, 0.15) is 27.7 Å². The third-order valence-corrected chi connectivity index (χ3v) is 1.09. The Morgan fingerprint density at radius 1 is 1.40 bits per heavy atom. The quantitative estimate of drug-likeness (QED) is 0.547. The first-order chi connectivity index (χ1) is 4.54. The zero-order chi connectivity index (χ0) is 8.15. The molecule has 0 saturated heterocycles. The van der Waals surface area contributed by atoms with Gasteiger partial charge in [-0.05, 0) is 19.4 Å². The van der Waals surface area contributed by atoms with Gasteiger partial charge >= 0.3 is 0 Å². The Balaban J connectivity index is 3.71. The van der Waals surface area contributed by atoms with Gasteiger partial charge in [0.15, 0.2) is 0 Å². The second kappa shape index (κ2) is 4.15. The maximum Gasteiger partial charge on any atom is 0.0985 e. The predicted molar refractivity (Wildman–Crippen MR) is 44.5 cm³/mol. The summed E-state index contributed by atoms with van der Waals surface area (Å²) >= 11 is 0. The molecule has 0 heterocycles. The molecule has 0 rings (SSSR count). The van der Waals surface area contributed by atoms with Crippen LogP contribution >= 0.6 is 0 Å². The summed E-state index contributed by atoms with van der Waals surface area (Å²) in [5.41, 5.74) is 1.15. The Morgan fingerprint density at radius 3 is 2.20 bits per heavy atom. The number of hydrogen-bond acceptors (Lipinski definition) is 1. The van der Waals surface area contributed by atoms with Gasteiger partial charge < -0.3 is 4.74 Å². The van der Waals surface area contributed by atoms with Gasteiger partial charge in [0.1, 0.15) is 0 Å². The smallest absolute Gasteiger partial charge is 0.0985 e. The van der Waals surface area contributed by atoms with Gasteiger partial charge in [-0.1, -0.05) is 20.4 Å². The lowest BCUT2D eigenvalue weighted by Gasteiger charge is -2.07. The van der Waals surface area contributed by atoms with E-state index in [0.29, 0.717) is 5.92 Å². The molecule has 1 heteroatoms. The second-order valence-electron chi connectivity index (χ2n) is 2.93. The van der Waals surface area contributed by atoms with E-state index in [2.05, 4.69) is 20.4 Å². The van der Waals surface area contributed by atoms with E-state index in [0.717, 1.165) is 11.3 Å². The average Bonchev–Trinajstić information content (AvgIpc) is 1.82. The topological polar surface area (TPSA) is 9.23 Å². The Hall–Kier alpha value is -0.720. The summed E-state index contributed by atoms with van der Waals surface area (Å²) in [5, 5.41) is 0. The van der Waals surface area contributed by atoms with E-state index < -0.39 is 0 Å². The van der Waals surface area contributed by atoms with Gasteiger partial charge in [0.2, 0.25) is 0 Å². The Morgan fingerprint density at radius 2 is 1.90 bits per heavy atom. The van der Waals surface area contributed by atoms with Crippen molar-refractivity contribution in [1.82, 2.24) is 0 Å². The number of hydrogen-bond donors (Lipinski definition) is 0. The third kappa shape index (κ3) is 4.19. The summed E-state index contributed by atoms with van der Waals surface area (Å²) in [4.78, 5) is 0. The van der Waals surface area contributed by atoms with Crippen molar-refractivity contribution >= 4 is 0 Å². The molecule has 0 N–H and O–H groups in total. The van der Waals surface area contributed by atoms with Gasteiger partial charge in [-0.15, -0.1) is 0 Å². The highest BCUT2D eigenvalue weighted by Gasteiger charge is 1.97. The molecule has 0 spiro atoms. The summed E-state index contributed by atoms with van der Waals surface area (Å²) in [5.74, 6) is 1.22. The highest BCUT2D eigenvalue weighted by Crippen LogP contribution is 2.08. The lowest BCUT2D eigenvalue weighted by Crippen LogP contribution is -1.93. The molecule has 0 aliphatic heterocycles. The molecular formula is C9H16O. The van der Waals surface area contributed by atoms with Gasteiger partial charge in [0.25, 0.3) is 0 Å². The van der Waals surface area contributed by atoms with E-state index in [9.17, 15) is 0 Å². The van der Waals surface area contributed by atoms with Crippen molar-refractivity contribution in [2.75, 3.05) is 0 Å². The Labute approximate surface area is 63.4 Å². The van der Waals surface area contributed by atoms with Crippen LogP contribution in [0.5, 0.6) is 0 Å². The van der Waals surface area contributed by atoms with Gasteiger partial charge in [-0.2, -0.15) is 0 Å². The minimum Gasteiger partial charge on any atom is -0.470 e. The van der Waals surface area contributed by atoms with E-state index in [1.54, 1.807) is 6.26 Å². The molecule has 0 aromatic rings. The summed E-state index contributed by atoms with van der Waals surface area (Å²) < 4.78 is 5.21. The summed E-state index contributed by atoms with van der Waals surface area (Å²) in [6, 6.07) is 0. The normalized spacial score (nSPS) is 9.30. The first kappa shape index (κ1) is 9.28. The molecule has 0 saturated carbocycles. The van der Waals surface area contributed by atoms with Crippen molar-refractivity contribution in [1.29, 1.82) is 0 Å². The minimum atomic E-state index is 0.399. The van der Waals surface area contributed by atoms with Crippen LogP contribution in [-0.4, -0.2) is 0 Å². The van der Waals surface area contributed by atoms with Crippen molar-refractivity contribution in [2.45, 2.75) is 27.7 Å². The van der Waals surface area contributed by atoms with Crippen LogP contribution in [0.3, 0.4) is 0 Å². The first-order valence-corrected chi connectivity index (χ1v) is 3.53. The van der Waals surface area contributed by atoms with E-state index >= 15 is 0 Å². The van der Waals surface area contributed by atoms with E-state index in [1.165, 1.54) is 0 Å². The zero-order valence-electron chi connectivity index (χ0n) is 7.27. The highest BCUT2D eigenvalue weighted by molar-refractivity contribution is 4.94. The molecule has 0 aliphatic rings. The fourth-order valence-corrected chi connectivity index (χ4v) is 0.330. The molecule has 0 aliphatic carbocycles. The first-order valence-electron chi connectivity index (χ1n) is 3.53. The molecule has 0 aromatic heterocycles. The van der Waals surface area contributed by atoms with Gasteiger partial charge in [0, 0.05) is 5.92 Å². The van der Waals surface area contributed by atoms with E-state index in [-0.39, 0.29) is 0 Å². The fourth-order valence-electron chi connectivity index (χ4n) is 0.330. The maximum atomic E-state index is 5.21. The van der Waals surface area contributed by atoms with E-state index in [1.807, 2.05) is 13.8 Å². The fraction of sp³-hybridized carbons (Fsp3) is 0.556. The van der Waals surface area contributed by atoms with Crippen molar-refractivity contribution in [3.8, 4) is 0 Å². The van der Waals surface area contributed by atoms with Gasteiger partial charge in [0.05, 0.1) is 12.0 Å². The van der Waals surface area contributed by atoms with Crippen molar-refractivity contribution in [3.63, 3.8) is 0 Å². The summed E-state index contributed by atoms with van der Waals surface area (Å²) in [6.07, 6.45) is 1.72. The molecule has 0 bridgehead atoms. The van der Waals surface area contributed by atoms with Crippen molar-refractivity contribution in [2.24, 2.45) is 5.92 Å². The lowest BCUT2D eigenvalue weighted by molar-refractivity contribution is 0.304. The van der Waals surface area contributed by atoms with Crippen LogP contribution in [-0.2, 0) is 4.74 Å². The van der Waals surface area contributed by atoms with Crippen LogP contribution in [0.15, 0.2) is 24.2 Å². The standard InChI is InChI=1S/C9H16O/c1-7(2)6-10-9(5)8(3)4/h6,8H,5H2,1-4H3. The van der Waals surface area contributed by atoms with Crippen LogP contribution in [0, 0.1) is 5.92 Å². The summed E-state index contributed by atoms with van der Waals surface area (Å²) in [7, 11) is 0. The van der Waals surface area contributed by atoms with Crippen molar-refractivity contribution < 1.29 is 4.74 Å². The lowest BCUT2D eigenvalue weighted by atomic mass is 10.2. The predicted octanol–water partition coefficient (Wildman–Crippen LogP) is 3.10.